The predicted molar refractivity (Wildman–Crippen MR) is 194 cm³/mol. The first-order valence-electron chi connectivity index (χ1n) is 18.5. The molecule has 0 radical (unpaired) electrons. The fourth-order valence-corrected chi connectivity index (χ4v) is 7.73. The van der Waals surface area contributed by atoms with Crippen LogP contribution in [0.1, 0.15) is 84.5 Å². The van der Waals surface area contributed by atoms with Crippen molar-refractivity contribution in [3.8, 4) is 22.8 Å². The van der Waals surface area contributed by atoms with Crippen LogP contribution in [0.15, 0.2) is 66.9 Å². The first-order valence-corrected chi connectivity index (χ1v) is 18.5. The number of carbonyl (C=O) groups is 2. The van der Waals surface area contributed by atoms with Gasteiger partial charge in [-0.15, -0.1) is 0 Å². The summed E-state index contributed by atoms with van der Waals surface area (Å²) in [4.78, 5) is 33.0. The van der Waals surface area contributed by atoms with E-state index in [0.29, 0.717) is 36.4 Å². The molecule has 51 heavy (non-hydrogen) atoms. The summed E-state index contributed by atoms with van der Waals surface area (Å²) in [5, 5.41) is 14.2. The van der Waals surface area contributed by atoms with E-state index in [1.54, 1.807) is 6.07 Å². The van der Waals surface area contributed by atoms with Crippen molar-refractivity contribution in [1.82, 2.24) is 35.6 Å². The number of pyridine rings is 1. The predicted octanol–water partition coefficient (Wildman–Crippen LogP) is 5.91. The van der Waals surface area contributed by atoms with Crippen molar-refractivity contribution in [2.75, 3.05) is 19.6 Å². The van der Waals surface area contributed by atoms with E-state index in [4.69, 9.17) is 4.74 Å². The van der Waals surface area contributed by atoms with Gasteiger partial charge in [0.2, 0.25) is 5.88 Å². The molecule has 4 aromatic rings. The molecule has 1 saturated carbocycles. The Morgan fingerprint density at radius 2 is 1.63 bits per heavy atom. The Kier molecular flexibility index (Phi) is 10.7. The van der Waals surface area contributed by atoms with Gasteiger partial charge in [0.25, 0.3) is 11.8 Å². The first-order chi connectivity index (χ1) is 24.8. The van der Waals surface area contributed by atoms with Gasteiger partial charge in [-0.1, -0.05) is 36.4 Å². The second-order valence-corrected chi connectivity index (χ2v) is 14.5. The molecule has 268 valence electrons. The molecule has 10 nitrogen and oxygen atoms in total. The molecule has 0 spiro atoms. The van der Waals surface area contributed by atoms with Crippen LogP contribution in [-0.2, 0) is 19.4 Å². The number of carbonyl (C=O) groups excluding carboxylic acids is 2. The van der Waals surface area contributed by atoms with Gasteiger partial charge >= 0.3 is 0 Å². The summed E-state index contributed by atoms with van der Waals surface area (Å²) in [5.41, 5.74) is 4.94. The van der Waals surface area contributed by atoms with E-state index < -0.39 is 11.7 Å². The van der Waals surface area contributed by atoms with Crippen molar-refractivity contribution in [3.63, 3.8) is 0 Å². The van der Waals surface area contributed by atoms with Gasteiger partial charge in [-0.05, 0) is 106 Å². The molecule has 2 atom stereocenters. The van der Waals surface area contributed by atoms with Crippen molar-refractivity contribution in [2.45, 2.75) is 95.9 Å². The minimum absolute atomic E-state index is 0.00718. The Bertz CT molecular complexity index is 1800. The van der Waals surface area contributed by atoms with Crippen LogP contribution in [0, 0.1) is 5.82 Å². The van der Waals surface area contributed by atoms with Gasteiger partial charge in [-0.2, -0.15) is 5.10 Å². The second-order valence-electron chi connectivity index (χ2n) is 14.5. The standard InChI is InChI=1S/C40H48FN7O3/c1-26-24-47(25-27(2)43-26)19-17-28-9-11-29(12-10-28)30-6-5-8-35(20-30)51-40-36(21-31(41)23-42-40)38(49)44-32-13-15-33(16-14-32)45-39(50)37-22-34-7-3-4-18-48(34)46-37/h5-6,8-12,20-23,26-27,32-33,43H,3-4,7,13-19,24-25H2,1-2H3,(H,44,49)(H,45,50). The number of aromatic nitrogens is 3. The molecule has 2 amide bonds. The highest BCUT2D eigenvalue weighted by molar-refractivity contribution is 5.96. The Hall–Kier alpha value is -4.61. The summed E-state index contributed by atoms with van der Waals surface area (Å²) in [6, 6.07) is 20.2. The number of benzene rings is 2. The molecule has 2 aliphatic heterocycles. The monoisotopic (exact) mass is 693 g/mol. The van der Waals surface area contributed by atoms with E-state index in [9.17, 15) is 14.0 Å². The fraction of sp³-hybridized carbons (Fsp3) is 0.450. The number of hydrogen-bond donors (Lipinski definition) is 3. The molecule has 2 unspecified atom stereocenters. The van der Waals surface area contributed by atoms with Crippen molar-refractivity contribution in [2.24, 2.45) is 0 Å². The topological polar surface area (TPSA) is 113 Å². The number of rotatable bonds is 10. The second kappa shape index (κ2) is 15.7. The number of amides is 2. The minimum Gasteiger partial charge on any atom is -0.438 e. The summed E-state index contributed by atoms with van der Waals surface area (Å²) < 4.78 is 22.4. The third kappa shape index (κ3) is 8.83. The van der Waals surface area contributed by atoms with E-state index in [-0.39, 0.29) is 29.4 Å². The van der Waals surface area contributed by atoms with E-state index in [1.807, 2.05) is 28.9 Å². The van der Waals surface area contributed by atoms with E-state index in [0.717, 1.165) is 93.8 Å². The third-order valence-corrected chi connectivity index (χ3v) is 10.3. The Balaban J connectivity index is 0.931. The summed E-state index contributed by atoms with van der Waals surface area (Å²) in [7, 11) is 0. The van der Waals surface area contributed by atoms with E-state index in [2.05, 4.69) is 69.0 Å². The van der Waals surface area contributed by atoms with Crippen molar-refractivity contribution >= 4 is 11.8 Å². The molecule has 2 aromatic heterocycles. The maximum Gasteiger partial charge on any atom is 0.272 e. The average molecular weight is 694 g/mol. The lowest BCUT2D eigenvalue weighted by atomic mass is 9.91. The van der Waals surface area contributed by atoms with Crippen molar-refractivity contribution < 1.29 is 18.7 Å². The highest BCUT2D eigenvalue weighted by atomic mass is 19.1. The van der Waals surface area contributed by atoms with Crippen molar-refractivity contribution in [3.05, 3.63) is 95.2 Å². The maximum atomic E-state index is 14.4. The number of nitrogens with zero attached hydrogens (tertiary/aromatic N) is 4. The van der Waals surface area contributed by atoms with Gasteiger partial charge in [0.1, 0.15) is 22.8 Å². The lowest BCUT2D eigenvalue weighted by Crippen LogP contribution is -2.54. The molecule has 0 bridgehead atoms. The van der Waals surface area contributed by atoms with E-state index >= 15 is 0 Å². The minimum atomic E-state index is -0.616. The van der Waals surface area contributed by atoms with Crippen LogP contribution >= 0.6 is 0 Å². The van der Waals surface area contributed by atoms with Crippen LogP contribution < -0.4 is 20.7 Å². The number of nitrogens with one attached hydrogen (secondary N) is 3. The molecule has 3 N–H and O–H groups in total. The molecule has 1 aliphatic carbocycles. The summed E-state index contributed by atoms with van der Waals surface area (Å²) in [5.74, 6) is -0.661. The molecule has 2 aromatic carbocycles. The highest BCUT2D eigenvalue weighted by Crippen LogP contribution is 2.29. The van der Waals surface area contributed by atoms with Crippen LogP contribution in [0.3, 0.4) is 0 Å². The molecule has 7 rings (SSSR count). The Morgan fingerprint density at radius 3 is 2.35 bits per heavy atom. The molecular formula is C40H48FN7O3. The largest absolute Gasteiger partial charge is 0.438 e. The Labute approximate surface area is 299 Å². The van der Waals surface area contributed by atoms with E-state index in [1.165, 1.54) is 5.56 Å². The number of piperazine rings is 1. The summed E-state index contributed by atoms with van der Waals surface area (Å²) >= 11 is 0. The maximum absolute atomic E-state index is 14.4. The molecule has 2 fully saturated rings. The van der Waals surface area contributed by atoms with Crippen LogP contribution in [0.5, 0.6) is 11.6 Å². The lowest BCUT2D eigenvalue weighted by Gasteiger charge is -2.36. The van der Waals surface area contributed by atoms with Crippen LogP contribution in [-0.4, -0.2) is 75.3 Å². The number of fused-ring (bicyclic) bond motifs is 1. The van der Waals surface area contributed by atoms with Crippen molar-refractivity contribution in [1.29, 1.82) is 0 Å². The average Bonchev–Trinajstić information content (AvgIpc) is 3.57. The molecule has 11 heteroatoms. The SMILES string of the molecule is CC1CN(CCc2ccc(-c3cccc(Oc4ncc(F)cc4C(=O)NC4CCC(NC(=O)c5cc6n(n5)CCCC6)CC4)c3)cc2)CC(C)N1. The normalized spacial score (nSPS) is 22.2. The fourth-order valence-electron chi connectivity index (χ4n) is 7.73. The zero-order chi connectivity index (χ0) is 35.3. The summed E-state index contributed by atoms with van der Waals surface area (Å²) in [6.45, 7) is 8.51. The van der Waals surface area contributed by atoms with Crippen LogP contribution in [0.25, 0.3) is 11.1 Å². The van der Waals surface area contributed by atoms with Gasteiger partial charge in [-0.25, -0.2) is 9.37 Å². The van der Waals surface area contributed by atoms with Gasteiger partial charge in [0.15, 0.2) is 0 Å². The first kappa shape index (κ1) is 34.8. The lowest BCUT2D eigenvalue weighted by molar-refractivity contribution is 0.0887. The van der Waals surface area contributed by atoms with Crippen LogP contribution in [0.2, 0.25) is 0 Å². The molecule has 3 aliphatic rings. The van der Waals surface area contributed by atoms with Crippen LogP contribution in [0.4, 0.5) is 4.39 Å². The summed E-state index contributed by atoms with van der Waals surface area (Å²) in [6.07, 6.45) is 8.03. The number of halogens is 1. The highest BCUT2D eigenvalue weighted by Gasteiger charge is 2.27. The van der Waals surface area contributed by atoms with Gasteiger partial charge in [0, 0.05) is 56.0 Å². The zero-order valence-electron chi connectivity index (χ0n) is 29.5. The molecular weight excluding hydrogens is 645 g/mol. The third-order valence-electron chi connectivity index (χ3n) is 10.3. The Morgan fingerprint density at radius 1 is 0.902 bits per heavy atom. The number of hydrogen-bond acceptors (Lipinski definition) is 7. The van der Waals surface area contributed by atoms with Gasteiger partial charge < -0.3 is 20.7 Å². The van der Waals surface area contributed by atoms with Gasteiger partial charge in [0.05, 0.1) is 6.20 Å². The quantitative estimate of drug-likeness (QED) is 0.189. The molecule has 4 heterocycles. The smallest absolute Gasteiger partial charge is 0.272 e. The molecule has 1 saturated heterocycles. The number of aryl methyl sites for hydroxylation is 2. The van der Waals surface area contributed by atoms with Gasteiger partial charge in [-0.3, -0.25) is 19.2 Å². The number of ether oxygens (including phenoxy) is 1. The zero-order valence-corrected chi connectivity index (χ0v) is 29.5.